The number of aliphatic imine (C=N–C) groups is 1. The van der Waals surface area contributed by atoms with E-state index in [9.17, 15) is 5.11 Å². The van der Waals surface area contributed by atoms with E-state index < -0.39 is 0 Å². The van der Waals surface area contributed by atoms with Gasteiger partial charge < -0.3 is 5.11 Å². The summed E-state index contributed by atoms with van der Waals surface area (Å²) in [4.78, 5) is 13.6. The molecule has 0 spiro atoms. The van der Waals surface area contributed by atoms with Crippen LogP contribution in [0.4, 0.5) is 5.69 Å². The summed E-state index contributed by atoms with van der Waals surface area (Å²) in [6.07, 6.45) is 5.69. The van der Waals surface area contributed by atoms with Gasteiger partial charge in [0.25, 0.3) is 0 Å². The summed E-state index contributed by atoms with van der Waals surface area (Å²) in [7, 11) is 0. The Morgan fingerprint density at radius 3 is 2.59 bits per heavy atom. The summed E-state index contributed by atoms with van der Waals surface area (Å²) >= 11 is 0. The first kappa shape index (κ1) is 19.6. The highest BCUT2D eigenvalue weighted by molar-refractivity contribution is 5.99. The van der Waals surface area contributed by atoms with E-state index in [0.717, 1.165) is 49.9 Å². The van der Waals surface area contributed by atoms with Crippen molar-refractivity contribution in [2.45, 2.75) is 6.92 Å². The van der Waals surface area contributed by atoms with Crippen molar-refractivity contribution in [3.8, 4) is 28.1 Å². The standard InChI is InChI=1S/C28H21N3O/c1-3-6-18-10-11-19-12-14-24(31-27(19)26(18)29-2)21-8-4-7-20(17-21)22-13-15-25(32)28-23(22)9-5-16-30-28/h3-17,32H,2H2,1H3/b6-3-. The molecule has 2 aromatic heterocycles. The van der Waals surface area contributed by atoms with Crippen molar-refractivity contribution in [2.24, 2.45) is 4.99 Å². The third kappa shape index (κ3) is 3.32. The van der Waals surface area contributed by atoms with Crippen molar-refractivity contribution < 1.29 is 5.11 Å². The van der Waals surface area contributed by atoms with Crippen LogP contribution in [0, 0.1) is 0 Å². The van der Waals surface area contributed by atoms with Crippen LogP contribution in [0.15, 0.2) is 90.1 Å². The van der Waals surface area contributed by atoms with Gasteiger partial charge in [0.1, 0.15) is 11.3 Å². The smallest absolute Gasteiger partial charge is 0.141 e. The number of nitrogens with zero attached hydrogens (tertiary/aromatic N) is 3. The topological polar surface area (TPSA) is 58.4 Å². The van der Waals surface area contributed by atoms with Gasteiger partial charge in [0.15, 0.2) is 0 Å². The minimum Gasteiger partial charge on any atom is -0.506 e. The zero-order valence-corrected chi connectivity index (χ0v) is 17.7. The molecule has 0 amide bonds. The van der Waals surface area contributed by atoms with Crippen molar-refractivity contribution in [2.75, 3.05) is 0 Å². The van der Waals surface area contributed by atoms with Crippen LogP contribution in [0.25, 0.3) is 50.3 Å². The monoisotopic (exact) mass is 415 g/mol. The Bertz CT molecular complexity index is 1520. The lowest BCUT2D eigenvalue weighted by Gasteiger charge is -2.11. The average Bonchev–Trinajstić information content (AvgIpc) is 2.84. The molecular weight excluding hydrogens is 394 g/mol. The molecule has 1 N–H and O–H groups in total. The summed E-state index contributed by atoms with van der Waals surface area (Å²) in [6.45, 7) is 5.75. The molecule has 0 fully saturated rings. The van der Waals surface area contributed by atoms with Gasteiger partial charge in [0, 0.05) is 28.1 Å². The molecular formula is C28H21N3O. The van der Waals surface area contributed by atoms with Gasteiger partial charge >= 0.3 is 0 Å². The number of phenols is 1. The van der Waals surface area contributed by atoms with Crippen molar-refractivity contribution in [3.05, 3.63) is 90.6 Å². The summed E-state index contributed by atoms with van der Waals surface area (Å²) in [6, 6.07) is 23.9. The Labute approximate surface area is 186 Å². The molecule has 0 radical (unpaired) electrons. The first-order chi connectivity index (χ1) is 15.7. The second-order valence-electron chi connectivity index (χ2n) is 7.54. The molecule has 0 bridgehead atoms. The van der Waals surface area contributed by atoms with E-state index >= 15 is 0 Å². The molecule has 0 aliphatic heterocycles. The van der Waals surface area contributed by atoms with E-state index in [0.29, 0.717) is 5.52 Å². The molecule has 5 rings (SSSR count). The number of pyridine rings is 2. The molecule has 3 aromatic carbocycles. The molecule has 0 atom stereocenters. The van der Waals surface area contributed by atoms with Gasteiger partial charge in [-0.2, -0.15) is 0 Å². The van der Waals surface area contributed by atoms with E-state index in [1.165, 1.54) is 0 Å². The number of rotatable bonds is 4. The van der Waals surface area contributed by atoms with E-state index in [-0.39, 0.29) is 5.75 Å². The van der Waals surface area contributed by atoms with Gasteiger partial charge in [0.05, 0.1) is 16.9 Å². The molecule has 0 saturated heterocycles. The predicted molar refractivity (Wildman–Crippen MR) is 133 cm³/mol. The number of allylic oxidation sites excluding steroid dienone is 1. The molecule has 154 valence electrons. The first-order valence-corrected chi connectivity index (χ1v) is 10.4. The summed E-state index contributed by atoms with van der Waals surface area (Å²) < 4.78 is 0. The van der Waals surface area contributed by atoms with Crippen LogP contribution in [0.3, 0.4) is 0 Å². The lowest BCUT2D eigenvalue weighted by Crippen LogP contribution is -1.89. The Hall–Kier alpha value is -4.31. The van der Waals surface area contributed by atoms with Gasteiger partial charge in [0.2, 0.25) is 0 Å². The van der Waals surface area contributed by atoms with E-state index in [4.69, 9.17) is 4.98 Å². The maximum atomic E-state index is 10.2. The molecule has 5 aromatic rings. The molecule has 2 heterocycles. The highest BCUT2D eigenvalue weighted by Crippen LogP contribution is 2.35. The summed E-state index contributed by atoms with van der Waals surface area (Å²) in [5.74, 6) is 0.179. The van der Waals surface area contributed by atoms with Crippen LogP contribution in [0.1, 0.15) is 12.5 Å². The number of aromatic hydroxyl groups is 1. The minimum atomic E-state index is 0.179. The Morgan fingerprint density at radius 2 is 1.75 bits per heavy atom. The van der Waals surface area contributed by atoms with Crippen molar-refractivity contribution in [1.82, 2.24) is 9.97 Å². The highest BCUT2D eigenvalue weighted by atomic mass is 16.3. The van der Waals surface area contributed by atoms with Crippen LogP contribution in [0.2, 0.25) is 0 Å². The Morgan fingerprint density at radius 1 is 0.906 bits per heavy atom. The fourth-order valence-electron chi connectivity index (χ4n) is 4.09. The molecule has 4 heteroatoms. The number of hydrogen-bond donors (Lipinski definition) is 1. The Balaban J connectivity index is 1.67. The summed E-state index contributed by atoms with van der Waals surface area (Å²) in [5, 5.41) is 12.1. The normalized spacial score (nSPS) is 11.4. The second kappa shape index (κ2) is 8.08. The average molecular weight is 415 g/mol. The van der Waals surface area contributed by atoms with E-state index in [1.807, 2.05) is 55.5 Å². The number of fused-ring (bicyclic) bond motifs is 2. The van der Waals surface area contributed by atoms with Gasteiger partial charge in [-0.3, -0.25) is 9.98 Å². The van der Waals surface area contributed by atoms with Crippen LogP contribution in [-0.2, 0) is 0 Å². The molecule has 32 heavy (non-hydrogen) atoms. The van der Waals surface area contributed by atoms with Crippen molar-refractivity contribution in [3.63, 3.8) is 0 Å². The van der Waals surface area contributed by atoms with Gasteiger partial charge in [-0.05, 0) is 55.1 Å². The first-order valence-electron chi connectivity index (χ1n) is 10.4. The number of phenolic OH excluding ortho intramolecular Hbond substituents is 1. The van der Waals surface area contributed by atoms with Crippen LogP contribution in [-0.4, -0.2) is 21.8 Å². The second-order valence-corrected chi connectivity index (χ2v) is 7.54. The maximum Gasteiger partial charge on any atom is 0.141 e. The number of benzene rings is 3. The quantitative estimate of drug-likeness (QED) is 0.316. The lowest BCUT2D eigenvalue weighted by atomic mass is 9.97. The number of hydrogen-bond acceptors (Lipinski definition) is 4. The van der Waals surface area contributed by atoms with Gasteiger partial charge in [-0.25, -0.2) is 4.98 Å². The zero-order chi connectivity index (χ0) is 22.1. The Kier molecular flexibility index (Phi) is 4.96. The van der Waals surface area contributed by atoms with Gasteiger partial charge in [-0.15, -0.1) is 0 Å². The SMILES string of the molecule is C=Nc1c(/C=C\C)ccc2ccc(-c3cccc(-c4ccc(O)c5ncccc45)c3)nc12. The lowest BCUT2D eigenvalue weighted by molar-refractivity contribution is 0.480. The van der Waals surface area contributed by atoms with Crippen molar-refractivity contribution in [1.29, 1.82) is 0 Å². The number of aromatic nitrogens is 2. The van der Waals surface area contributed by atoms with E-state index in [2.05, 4.69) is 47.0 Å². The summed E-state index contributed by atoms with van der Waals surface area (Å²) in [5.41, 5.74) is 7.12. The fraction of sp³-hybridized carbons (Fsp3) is 0.0357. The molecule has 0 aliphatic rings. The molecule has 4 nitrogen and oxygen atoms in total. The van der Waals surface area contributed by atoms with Crippen molar-refractivity contribution >= 4 is 40.3 Å². The van der Waals surface area contributed by atoms with Crippen LogP contribution < -0.4 is 0 Å². The molecule has 0 aliphatic carbocycles. The third-order valence-corrected chi connectivity index (χ3v) is 5.59. The van der Waals surface area contributed by atoms with Crippen LogP contribution >= 0.6 is 0 Å². The largest absolute Gasteiger partial charge is 0.506 e. The van der Waals surface area contributed by atoms with Gasteiger partial charge in [-0.1, -0.05) is 54.6 Å². The predicted octanol–water partition coefficient (Wildman–Crippen LogP) is 7.19. The maximum absolute atomic E-state index is 10.2. The highest BCUT2D eigenvalue weighted by Gasteiger charge is 2.11. The van der Waals surface area contributed by atoms with Crippen LogP contribution in [0.5, 0.6) is 5.75 Å². The molecule has 0 saturated carbocycles. The molecule has 0 unspecified atom stereocenters. The third-order valence-electron chi connectivity index (χ3n) is 5.59. The van der Waals surface area contributed by atoms with E-state index in [1.54, 1.807) is 12.3 Å². The fourth-order valence-corrected chi connectivity index (χ4v) is 4.09. The zero-order valence-electron chi connectivity index (χ0n) is 17.7. The minimum absolute atomic E-state index is 0.179.